The van der Waals surface area contributed by atoms with Crippen molar-refractivity contribution < 1.29 is 22.7 Å². The molecule has 8 nitrogen and oxygen atoms in total. The first-order valence-corrected chi connectivity index (χ1v) is 14.9. The summed E-state index contributed by atoms with van der Waals surface area (Å²) in [7, 11) is -2.67. The third kappa shape index (κ3) is 7.76. The molecule has 0 heterocycles. The van der Waals surface area contributed by atoms with Gasteiger partial charge in [0.15, 0.2) is 0 Å². The lowest BCUT2D eigenvalue weighted by molar-refractivity contribution is -0.139. The third-order valence-electron chi connectivity index (χ3n) is 6.66. The molecular formula is C30H36ClN3O5S. The highest BCUT2D eigenvalue weighted by molar-refractivity contribution is 7.92. The minimum absolute atomic E-state index is 0.00521. The monoisotopic (exact) mass is 585 g/mol. The van der Waals surface area contributed by atoms with Crippen LogP contribution in [0.1, 0.15) is 38.3 Å². The molecule has 0 radical (unpaired) electrons. The number of benzene rings is 3. The van der Waals surface area contributed by atoms with Gasteiger partial charge in [-0.25, -0.2) is 8.42 Å². The number of rotatable bonds is 12. The molecule has 2 atom stereocenters. The van der Waals surface area contributed by atoms with Gasteiger partial charge in [0.25, 0.3) is 10.0 Å². The van der Waals surface area contributed by atoms with Crippen LogP contribution in [0, 0.1) is 6.92 Å². The van der Waals surface area contributed by atoms with Crippen molar-refractivity contribution in [1.82, 2.24) is 10.2 Å². The number of nitrogens with one attached hydrogen (secondary N) is 1. The molecule has 0 saturated heterocycles. The Bertz CT molecular complexity index is 1410. The Morgan fingerprint density at radius 2 is 1.65 bits per heavy atom. The molecule has 40 heavy (non-hydrogen) atoms. The Morgan fingerprint density at radius 3 is 2.23 bits per heavy atom. The molecular weight excluding hydrogens is 550 g/mol. The van der Waals surface area contributed by atoms with Gasteiger partial charge in [-0.05, 0) is 81.3 Å². The molecule has 3 aromatic carbocycles. The van der Waals surface area contributed by atoms with E-state index in [2.05, 4.69) is 5.32 Å². The summed E-state index contributed by atoms with van der Waals surface area (Å²) in [5.41, 5.74) is 1.98. The number of hydrogen-bond donors (Lipinski definition) is 1. The largest absolute Gasteiger partial charge is 0.497 e. The number of halogens is 1. The lowest BCUT2D eigenvalue weighted by atomic mass is 10.1. The lowest BCUT2D eigenvalue weighted by Gasteiger charge is -2.32. The lowest BCUT2D eigenvalue weighted by Crippen LogP contribution is -2.52. The smallest absolute Gasteiger partial charge is 0.264 e. The van der Waals surface area contributed by atoms with Gasteiger partial charge in [0.1, 0.15) is 18.3 Å². The zero-order valence-electron chi connectivity index (χ0n) is 23.4. The van der Waals surface area contributed by atoms with Crippen LogP contribution in [0.4, 0.5) is 5.69 Å². The van der Waals surface area contributed by atoms with Crippen molar-refractivity contribution in [3.8, 4) is 5.75 Å². The van der Waals surface area contributed by atoms with E-state index in [0.29, 0.717) is 22.0 Å². The fourth-order valence-corrected chi connectivity index (χ4v) is 5.62. The van der Waals surface area contributed by atoms with E-state index in [-0.39, 0.29) is 23.4 Å². The second kappa shape index (κ2) is 13.7. The molecule has 0 aromatic heterocycles. The van der Waals surface area contributed by atoms with Crippen molar-refractivity contribution >= 4 is 39.1 Å². The minimum Gasteiger partial charge on any atom is -0.497 e. The van der Waals surface area contributed by atoms with E-state index >= 15 is 0 Å². The Morgan fingerprint density at radius 1 is 1.00 bits per heavy atom. The Balaban J connectivity index is 2.02. The van der Waals surface area contributed by atoms with Gasteiger partial charge in [-0.2, -0.15) is 0 Å². The number of aryl methyl sites for hydroxylation is 1. The van der Waals surface area contributed by atoms with Gasteiger partial charge in [-0.1, -0.05) is 48.4 Å². The Labute approximate surface area is 241 Å². The predicted octanol–water partition coefficient (Wildman–Crippen LogP) is 5.18. The highest BCUT2D eigenvalue weighted by atomic mass is 35.5. The number of sulfonamides is 1. The molecule has 0 spiro atoms. The fraction of sp³-hybridized carbons (Fsp3) is 0.333. The van der Waals surface area contributed by atoms with Crippen LogP contribution in [0.25, 0.3) is 0 Å². The molecule has 1 N–H and O–H groups in total. The number of amides is 2. The van der Waals surface area contributed by atoms with E-state index < -0.39 is 28.5 Å². The fourth-order valence-electron chi connectivity index (χ4n) is 3.99. The van der Waals surface area contributed by atoms with Crippen molar-refractivity contribution in [3.63, 3.8) is 0 Å². The standard InChI is InChI=1S/C30H36ClN3O5S/c1-6-22(3)32-30(36)23(4)33(19-24-8-7-9-25(31)18-24)29(35)20-34(26-12-10-21(2)11-13-26)40(37,38)28-16-14-27(39-5)15-17-28/h7-18,22-23H,6,19-20H2,1-5H3,(H,32,36). The number of methoxy groups -OCH3 is 1. The van der Waals surface area contributed by atoms with E-state index in [4.69, 9.17) is 16.3 Å². The van der Waals surface area contributed by atoms with E-state index in [1.165, 1.54) is 24.1 Å². The average molecular weight is 586 g/mol. The minimum atomic E-state index is -4.16. The second-order valence-electron chi connectivity index (χ2n) is 9.67. The SMILES string of the molecule is CCC(C)NC(=O)C(C)N(Cc1cccc(Cl)c1)C(=O)CN(c1ccc(C)cc1)S(=O)(=O)c1ccc(OC)cc1. The number of carbonyl (C=O) groups is 2. The molecule has 3 aromatic rings. The van der Waals surface area contributed by atoms with Gasteiger partial charge in [-0.3, -0.25) is 13.9 Å². The van der Waals surface area contributed by atoms with Crippen molar-refractivity contribution in [2.75, 3.05) is 18.0 Å². The van der Waals surface area contributed by atoms with Gasteiger partial charge >= 0.3 is 0 Å². The normalized spacial score (nSPS) is 12.8. The predicted molar refractivity (Wildman–Crippen MR) is 158 cm³/mol. The van der Waals surface area contributed by atoms with Crippen molar-refractivity contribution in [1.29, 1.82) is 0 Å². The van der Waals surface area contributed by atoms with Crippen LogP contribution in [-0.2, 0) is 26.2 Å². The van der Waals surface area contributed by atoms with Crippen LogP contribution in [0.5, 0.6) is 5.75 Å². The van der Waals surface area contributed by atoms with Crippen molar-refractivity contribution in [3.05, 3.63) is 88.9 Å². The maximum Gasteiger partial charge on any atom is 0.264 e. The van der Waals surface area contributed by atoms with Crippen LogP contribution in [0.2, 0.25) is 5.02 Å². The van der Waals surface area contributed by atoms with E-state index in [1.807, 2.05) is 20.8 Å². The molecule has 0 fully saturated rings. The average Bonchev–Trinajstić information content (AvgIpc) is 2.94. The summed E-state index contributed by atoms with van der Waals surface area (Å²) >= 11 is 6.18. The molecule has 0 saturated carbocycles. The van der Waals surface area contributed by atoms with Crippen LogP contribution in [0.3, 0.4) is 0 Å². The number of carbonyl (C=O) groups excluding carboxylic acids is 2. The number of anilines is 1. The van der Waals surface area contributed by atoms with Gasteiger partial charge < -0.3 is 15.0 Å². The zero-order chi connectivity index (χ0) is 29.4. The summed E-state index contributed by atoms with van der Waals surface area (Å²) in [4.78, 5) is 28.5. The second-order valence-corrected chi connectivity index (χ2v) is 12.0. The zero-order valence-corrected chi connectivity index (χ0v) is 25.0. The maximum absolute atomic E-state index is 13.9. The van der Waals surface area contributed by atoms with Crippen LogP contribution < -0.4 is 14.4 Å². The summed E-state index contributed by atoms with van der Waals surface area (Å²) in [6.07, 6.45) is 0.724. The van der Waals surface area contributed by atoms with Gasteiger partial charge in [-0.15, -0.1) is 0 Å². The summed E-state index contributed by atoms with van der Waals surface area (Å²) in [5, 5.41) is 3.41. The number of ether oxygens (including phenoxy) is 1. The molecule has 3 rings (SSSR count). The first-order chi connectivity index (χ1) is 19.0. The highest BCUT2D eigenvalue weighted by Gasteiger charge is 2.32. The maximum atomic E-state index is 13.9. The van der Waals surface area contributed by atoms with Crippen LogP contribution >= 0.6 is 11.6 Å². The van der Waals surface area contributed by atoms with Crippen molar-refractivity contribution in [2.45, 2.75) is 57.6 Å². The summed E-state index contributed by atoms with van der Waals surface area (Å²) in [6.45, 7) is 6.91. The molecule has 2 unspecified atom stereocenters. The Hall–Kier alpha value is -3.56. The van der Waals surface area contributed by atoms with Crippen LogP contribution in [-0.4, -0.2) is 50.9 Å². The highest BCUT2D eigenvalue weighted by Crippen LogP contribution is 2.26. The molecule has 0 aliphatic rings. The Kier molecular flexibility index (Phi) is 10.6. The summed E-state index contributed by atoms with van der Waals surface area (Å²) in [6, 6.07) is 18.9. The molecule has 0 aliphatic carbocycles. The quantitative estimate of drug-likeness (QED) is 0.316. The van der Waals surface area contributed by atoms with E-state index in [0.717, 1.165) is 16.3 Å². The topological polar surface area (TPSA) is 96.0 Å². The first-order valence-electron chi connectivity index (χ1n) is 13.0. The summed E-state index contributed by atoms with van der Waals surface area (Å²) < 4.78 is 34.0. The molecule has 0 bridgehead atoms. The van der Waals surface area contributed by atoms with Crippen molar-refractivity contribution in [2.24, 2.45) is 0 Å². The van der Waals surface area contributed by atoms with E-state index in [9.17, 15) is 18.0 Å². The van der Waals surface area contributed by atoms with Gasteiger partial charge in [0.2, 0.25) is 11.8 Å². The molecule has 0 aliphatic heterocycles. The van der Waals surface area contributed by atoms with E-state index in [1.54, 1.807) is 67.6 Å². The number of nitrogens with zero attached hydrogens (tertiary/aromatic N) is 2. The molecule has 214 valence electrons. The van der Waals surface area contributed by atoms with Gasteiger partial charge in [0, 0.05) is 17.6 Å². The summed E-state index contributed by atoms with van der Waals surface area (Å²) in [5.74, 6) is -0.361. The first kappa shape index (κ1) is 31.0. The molecule has 2 amide bonds. The van der Waals surface area contributed by atoms with Crippen LogP contribution in [0.15, 0.2) is 77.7 Å². The van der Waals surface area contributed by atoms with Gasteiger partial charge in [0.05, 0.1) is 17.7 Å². The number of hydrogen-bond acceptors (Lipinski definition) is 5. The molecule has 10 heteroatoms. The third-order valence-corrected chi connectivity index (χ3v) is 8.68.